The van der Waals surface area contributed by atoms with Crippen LogP contribution in [-0.4, -0.2) is 60.1 Å². The van der Waals surface area contributed by atoms with Crippen molar-refractivity contribution < 1.29 is 9.32 Å². The molecule has 1 spiro atoms. The molecule has 1 aromatic heterocycles. The number of benzene rings is 1. The van der Waals surface area contributed by atoms with Gasteiger partial charge in [-0.25, -0.2) is 4.31 Å². The van der Waals surface area contributed by atoms with Gasteiger partial charge in [0, 0.05) is 57.0 Å². The van der Waals surface area contributed by atoms with E-state index in [9.17, 15) is 9.32 Å². The van der Waals surface area contributed by atoms with E-state index in [4.69, 9.17) is 5.73 Å². The Balaban J connectivity index is 1.40. The Morgan fingerprint density at radius 2 is 2.07 bits per heavy atom. The molecule has 2 saturated heterocycles. The summed E-state index contributed by atoms with van der Waals surface area (Å²) in [5, 5.41) is 18.6. The van der Waals surface area contributed by atoms with Gasteiger partial charge in [-0.1, -0.05) is 12.1 Å². The van der Waals surface area contributed by atoms with Crippen LogP contribution in [0, 0.1) is 5.41 Å². The predicted molar refractivity (Wildman–Crippen MR) is 115 cm³/mol. The minimum absolute atomic E-state index is 0.136. The summed E-state index contributed by atoms with van der Waals surface area (Å²) in [5.74, 6) is 0.578. The Morgan fingerprint density at radius 3 is 2.83 bits per heavy atom. The number of nitrogens with zero attached hydrogens (tertiary/aromatic N) is 4. The first-order chi connectivity index (χ1) is 13.9. The quantitative estimate of drug-likeness (QED) is 0.733. The highest BCUT2D eigenvalue weighted by Gasteiger charge is 2.64. The lowest BCUT2D eigenvalue weighted by atomic mass is 9.58. The lowest BCUT2D eigenvalue weighted by Crippen LogP contribution is -2.66. The van der Waals surface area contributed by atoms with Crippen molar-refractivity contribution in [3.8, 4) is 17.0 Å². The molecule has 6 rings (SSSR count). The highest BCUT2D eigenvalue weighted by molar-refractivity contribution is 8.00. The minimum Gasteiger partial charge on any atom is -0.507 e. The molecule has 0 amide bonds. The number of nitrogens with two attached hydrogens (primary N) is 1. The van der Waals surface area contributed by atoms with E-state index in [0.717, 1.165) is 38.0 Å². The van der Waals surface area contributed by atoms with Crippen LogP contribution in [0.1, 0.15) is 25.7 Å². The van der Waals surface area contributed by atoms with Crippen molar-refractivity contribution in [3.05, 3.63) is 30.3 Å². The molecule has 3 aliphatic heterocycles. The SMILES string of the molecule is CS1(=O)=C2CCC23CCC2CN(c4cc(-c5ccccc5O)nnc4N)CC3N21. The van der Waals surface area contributed by atoms with Crippen molar-refractivity contribution in [1.29, 1.82) is 0 Å². The molecule has 0 radical (unpaired) electrons. The molecule has 3 fully saturated rings. The summed E-state index contributed by atoms with van der Waals surface area (Å²) in [6, 6.07) is 9.63. The third kappa shape index (κ3) is 2.16. The van der Waals surface area contributed by atoms with Crippen LogP contribution in [0.5, 0.6) is 5.75 Å². The number of anilines is 2. The van der Waals surface area contributed by atoms with Crippen LogP contribution in [0.2, 0.25) is 0 Å². The van der Waals surface area contributed by atoms with Gasteiger partial charge in [-0.05, 0) is 43.9 Å². The molecule has 4 bridgehead atoms. The molecule has 29 heavy (non-hydrogen) atoms. The Morgan fingerprint density at radius 1 is 1.24 bits per heavy atom. The monoisotopic (exact) mass is 411 g/mol. The van der Waals surface area contributed by atoms with Crippen molar-refractivity contribution in [3.63, 3.8) is 0 Å². The molecule has 5 unspecified atom stereocenters. The van der Waals surface area contributed by atoms with Gasteiger partial charge in [0.15, 0.2) is 5.82 Å². The standard InChI is InChI=1S/C21H25N5O2S/c1-29(28)19-7-9-21(19)8-6-13-11-25(12-18(21)26(13)29)16-10-15(23-24-20(16)22)14-4-2-3-5-17(14)27/h2-5,10,13,18,27H,6-9,11-12H2,1H3,(H2,22,24). The van der Waals surface area contributed by atoms with E-state index in [-0.39, 0.29) is 23.2 Å². The van der Waals surface area contributed by atoms with E-state index in [2.05, 4.69) is 19.4 Å². The van der Waals surface area contributed by atoms with Crippen LogP contribution >= 0.6 is 0 Å². The van der Waals surface area contributed by atoms with Gasteiger partial charge in [-0.15, -0.1) is 10.2 Å². The number of piperazine rings is 1. The fourth-order valence-electron chi connectivity index (χ4n) is 6.23. The van der Waals surface area contributed by atoms with Crippen molar-refractivity contribution in [2.75, 3.05) is 30.0 Å². The van der Waals surface area contributed by atoms with E-state index in [1.165, 1.54) is 11.3 Å². The van der Waals surface area contributed by atoms with Gasteiger partial charge in [-0.2, -0.15) is 0 Å². The van der Waals surface area contributed by atoms with Gasteiger partial charge in [0.1, 0.15) is 5.75 Å². The molecule has 152 valence electrons. The smallest absolute Gasteiger partial charge is 0.169 e. The number of phenolic OH excluding ortho intramolecular Hbond substituents is 1. The Kier molecular flexibility index (Phi) is 3.41. The summed E-state index contributed by atoms with van der Waals surface area (Å²) in [7, 11) is -2.02. The maximum atomic E-state index is 13.6. The average molecular weight is 412 g/mol. The Bertz CT molecular complexity index is 1160. The van der Waals surface area contributed by atoms with Gasteiger partial charge in [0.25, 0.3) is 0 Å². The normalized spacial score (nSPS) is 37.2. The van der Waals surface area contributed by atoms with Crippen molar-refractivity contribution >= 4 is 26.1 Å². The third-order valence-corrected chi connectivity index (χ3v) is 10.5. The summed E-state index contributed by atoms with van der Waals surface area (Å²) in [4.78, 5) is 3.62. The zero-order valence-corrected chi connectivity index (χ0v) is 17.2. The summed E-state index contributed by atoms with van der Waals surface area (Å²) in [6.45, 7) is 1.60. The zero-order valence-electron chi connectivity index (χ0n) is 16.4. The lowest BCUT2D eigenvalue weighted by Gasteiger charge is -2.56. The van der Waals surface area contributed by atoms with Crippen LogP contribution in [0.3, 0.4) is 0 Å². The fraction of sp³-hybridized carbons (Fsp3) is 0.476. The van der Waals surface area contributed by atoms with E-state index in [0.29, 0.717) is 17.1 Å². The first-order valence-corrected chi connectivity index (χ1v) is 12.1. The molecule has 3 N–H and O–H groups in total. The fourth-order valence-corrected chi connectivity index (χ4v) is 9.55. The molecule has 2 aromatic rings. The summed E-state index contributed by atoms with van der Waals surface area (Å²) >= 11 is 0. The zero-order chi connectivity index (χ0) is 20.0. The van der Waals surface area contributed by atoms with Crippen LogP contribution in [0.25, 0.3) is 11.3 Å². The first kappa shape index (κ1) is 17.5. The molecule has 5 atom stereocenters. The molecule has 4 aliphatic rings. The van der Waals surface area contributed by atoms with Gasteiger partial charge in [0.05, 0.1) is 11.4 Å². The Labute approximate surface area is 170 Å². The summed E-state index contributed by atoms with van der Waals surface area (Å²) in [5.41, 5.74) is 8.49. The van der Waals surface area contributed by atoms with Gasteiger partial charge in [-0.3, -0.25) is 4.21 Å². The molecular formula is C21H25N5O2S. The number of phenols is 1. The van der Waals surface area contributed by atoms with Crippen LogP contribution in [-0.2, 0) is 9.71 Å². The lowest BCUT2D eigenvalue weighted by molar-refractivity contribution is 0.0609. The number of para-hydroxylation sites is 1. The molecule has 1 aliphatic carbocycles. The largest absolute Gasteiger partial charge is 0.507 e. The number of rotatable bonds is 2. The molecule has 8 heteroatoms. The average Bonchev–Trinajstić information content (AvgIpc) is 2.75. The van der Waals surface area contributed by atoms with Gasteiger partial charge < -0.3 is 15.7 Å². The number of hydrogen-bond acceptors (Lipinski definition) is 6. The molecule has 1 saturated carbocycles. The highest BCUT2D eigenvalue weighted by atomic mass is 32.2. The van der Waals surface area contributed by atoms with E-state index < -0.39 is 9.71 Å². The molecule has 1 aromatic carbocycles. The van der Waals surface area contributed by atoms with E-state index >= 15 is 0 Å². The third-order valence-electron chi connectivity index (χ3n) is 7.59. The Hall–Kier alpha value is -2.32. The second-order valence-corrected chi connectivity index (χ2v) is 11.4. The summed E-state index contributed by atoms with van der Waals surface area (Å²) < 4.78 is 15.9. The number of aromatic nitrogens is 2. The first-order valence-electron chi connectivity index (χ1n) is 10.2. The van der Waals surface area contributed by atoms with Crippen molar-refractivity contribution in [2.24, 2.45) is 5.41 Å². The predicted octanol–water partition coefficient (Wildman–Crippen LogP) is 1.88. The van der Waals surface area contributed by atoms with Crippen molar-refractivity contribution in [1.82, 2.24) is 14.5 Å². The second kappa shape index (κ2) is 5.64. The number of hydrogen-bond donors (Lipinski definition) is 2. The molecular weight excluding hydrogens is 386 g/mol. The van der Waals surface area contributed by atoms with Crippen LogP contribution < -0.4 is 10.6 Å². The second-order valence-electron chi connectivity index (χ2n) is 8.87. The molecule has 4 heterocycles. The topological polar surface area (TPSA) is 95.6 Å². The number of nitrogen functional groups attached to an aromatic ring is 1. The van der Waals surface area contributed by atoms with Crippen LogP contribution in [0.15, 0.2) is 30.3 Å². The number of piperidine rings is 1. The molecule has 7 nitrogen and oxygen atoms in total. The van der Waals surface area contributed by atoms with Gasteiger partial charge >= 0.3 is 0 Å². The maximum absolute atomic E-state index is 13.6. The van der Waals surface area contributed by atoms with E-state index in [1.807, 2.05) is 24.5 Å². The van der Waals surface area contributed by atoms with E-state index in [1.54, 1.807) is 12.1 Å². The van der Waals surface area contributed by atoms with Crippen molar-refractivity contribution in [2.45, 2.75) is 37.8 Å². The summed E-state index contributed by atoms with van der Waals surface area (Å²) in [6.07, 6.45) is 6.38. The van der Waals surface area contributed by atoms with Crippen LogP contribution in [0.4, 0.5) is 11.5 Å². The minimum atomic E-state index is -2.02. The van der Waals surface area contributed by atoms with Gasteiger partial charge in [0.2, 0.25) is 0 Å². The highest BCUT2D eigenvalue weighted by Crippen LogP contribution is 2.58. The number of aromatic hydroxyl groups is 1. The maximum Gasteiger partial charge on any atom is 0.169 e.